The first-order valence-corrected chi connectivity index (χ1v) is 9.37. The zero-order chi connectivity index (χ0) is 14.5. The number of nitrogens with two attached hydrogens (primary N) is 1. The molecule has 1 aliphatic carbocycles. The van der Waals surface area contributed by atoms with Gasteiger partial charge in [-0.1, -0.05) is 32.1 Å². The maximum Gasteiger partial charge on any atom is 0.186 e. The van der Waals surface area contributed by atoms with E-state index in [2.05, 4.69) is 44.4 Å². The van der Waals surface area contributed by atoms with Crippen LogP contribution in [-0.4, -0.2) is 28.6 Å². The van der Waals surface area contributed by atoms with Crippen molar-refractivity contribution in [2.75, 3.05) is 17.2 Å². The number of anilines is 1. The van der Waals surface area contributed by atoms with Gasteiger partial charge < -0.3 is 10.6 Å². The molecule has 2 heterocycles. The van der Waals surface area contributed by atoms with Crippen LogP contribution >= 0.6 is 23.1 Å². The maximum atomic E-state index is 6.37. The summed E-state index contributed by atoms with van der Waals surface area (Å²) in [7, 11) is 0. The summed E-state index contributed by atoms with van der Waals surface area (Å²) < 4.78 is 0. The van der Waals surface area contributed by atoms with E-state index >= 15 is 0 Å². The molecule has 3 nitrogen and oxygen atoms in total. The van der Waals surface area contributed by atoms with Gasteiger partial charge in [-0.2, -0.15) is 11.8 Å². The van der Waals surface area contributed by atoms with E-state index in [1.807, 2.05) is 11.3 Å². The fourth-order valence-electron chi connectivity index (χ4n) is 3.31. The number of aromatic nitrogens is 1. The molecular formula is C15H25N3S2. The van der Waals surface area contributed by atoms with Gasteiger partial charge in [0.15, 0.2) is 5.13 Å². The molecule has 0 spiro atoms. The van der Waals surface area contributed by atoms with Gasteiger partial charge >= 0.3 is 0 Å². The zero-order valence-corrected chi connectivity index (χ0v) is 14.5. The van der Waals surface area contributed by atoms with E-state index in [1.165, 1.54) is 21.5 Å². The average Bonchev–Trinajstić information content (AvgIpc) is 2.75. The van der Waals surface area contributed by atoms with Crippen LogP contribution in [0.3, 0.4) is 0 Å². The molecule has 3 unspecified atom stereocenters. The summed E-state index contributed by atoms with van der Waals surface area (Å²) in [6, 6.07) is 0.734. The SMILES string of the molecule is CC1SCCN(c2nc3c(s2)C(N)CC(C)(C)C3)C1C. The third-order valence-corrected chi connectivity index (χ3v) is 7.21. The highest BCUT2D eigenvalue weighted by Crippen LogP contribution is 2.44. The van der Waals surface area contributed by atoms with Crippen molar-refractivity contribution < 1.29 is 0 Å². The van der Waals surface area contributed by atoms with Crippen molar-refractivity contribution >= 4 is 28.2 Å². The number of nitrogens with zero attached hydrogens (tertiary/aromatic N) is 2. The highest BCUT2D eigenvalue weighted by atomic mass is 32.2. The van der Waals surface area contributed by atoms with Gasteiger partial charge in [0.05, 0.1) is 5.69 Å². The summed E-state index contributed by atoms with van der Waals surface area (Å²) in [6.07, 6.45) is 2.14. The van der Waals surface area contributed by atoms with Crippen LogP contribution in [0.15, 0.2) is 0 Å². The monoisotopic (exact) mass is 311 g/mol. The van der Waals surface area contributed by atoms with Gasteiger partial charge in [-0.3, -0.25) is 0 Å². The van der Waals surface area contributed by atoms with E-state index in [4.69, 9.17) is 10.7 Å². The average molecular weight is 312 g/mol. The number of thiazole rings is 1. The second-order valence-corrected chi connectivity index (χ2v) is 9.46. The van der Waals surface area contributed by atoms with Crippen molar-refractivity contribution in [2.45, 2.75) is 57.9 Å². The largest absolute Gasteiger partial charge is 0.343 e. The van der Waals surface area contributed by atoms with E-state index < -0.39 is 0 Å². The molecule has 0 saturated carbocycles. The van der Waals surface area contributed by atoms with E-state index in [0.717, 1.165) is 19.4 Å². The van der Waals surface area contributed by atoms with Crippen LogP contribution in [0.25, 0.3) is 0 Å². The molecule has 3 rings (SSSR count). The third kappa shape index (κ3) is 2.60. The van der Waals surface area contributed by atoms with Crippen LogP contribution in [-0.2, 0) is 6.42 Å². The first-order chi connectivity index (χ1) is 9.37. The van der Waals surface area contributed by atoms with Crippen molar-refractivity contribution in [1.29, 1.82) is 0 Å². The third-order valence-electron chi connectivity index (χ3n) is 4.60. The fourth-order valence-corrected chi connectivity index (χ4v) is 5.60. The molecule has 0 bridgehead atoms. The molecule has 2 N–H and O–H groups in total. The minimum atomic E-state index is 0.173. The Kier molecular flexibility index (Phi) is 3.80. The molecule has 1 aliphatic heterocycles. The summed E-state index contributed by atoms with van der Waals surface area (Å²) in [4.78, 5) is 8.78. The van der Waals surface area contributed by atoms with Gasteiger partial charge in [0.25, 0.3) is 0 Å². The lowest BCUT2D eigenvalue weighted by atomic mass is 9.77. The van der Waals surface area contributed by atoms with Gasteiger partial charge in [-0.15, -0.1) is 0 Å². The van der Waals surface area contributed by atoms with Crippen molar-refractivity contribution in [1.82, 2.24) is 4.98 Å². The Balaban J connectivity index is 1.90. The minimum Gasteiger partial charge on any atom is -0.343 e. The molecule has 112 valence electrons. The van der Waals surface area contributed by atoms with Gasteiger partial charge in [-0.05, 0) is 25.2 Å². The standard InChI is InChI=1S/C15H25N3S2/c1-9-10(2)19-6-5-18(9)14-17-12-8-15(3,4)7-11(16)13(12)20-14/h9-11H,5-8,16H2,1-4H3. The Hall–Kier alpha value is -0.260. The maximum absolute atomic E-state index is 6.37. The van der Waals surface area contributed by atoms with E-state index in [-0.39, 0.29) is 11.5 Å². The molecule has 0 radical (unpaired) electrons. The van der Waals surface area contributed by atoms with Crippen LogP contribution in [0.5, 0.6) is 0 Å². The number of fused-ring (bicyclic) bond motifs is 1. The Labute approximate surface area is 130 Å². The molecule has 3 atom stereocenters. The highest BCUT2D eigenvalue weighted by Gasteiger charge is 2.35. The quantitative estimate of drug-likeness (QED) is 0.862. The summed E-state index contributed by atoms with van der Waals surface area (Å²) in [5, 5.41) is 1.87. The van der Waals surface area contributed by atoms with Gasteiger partial charge in [0.1, 0.15) is 0 Å². The topological polar surface area (TPSA) is 42.2 Å². The lowest BCUT2D eigenvalue weighted by Gasteiger charge is -2.37. The van der Waals surface area contributed by atoms with E-state index in [9.17, 15) is 0 Å². The van der Waals surface area contributed by atoms with Crippen LogP contribution in [0.4, 0.5) is 5.13 Å². The van der Waals surface area contributed by atoms with E-state index in [0.29, 0.717) is 11.3 Å². The Morgan fingerprint density at radius 2 is 2.10 bits per heavy atom. The molecule has 2 aliphatic rings. The lowest BCUT2D eigenvalue weighted by molar-refractivity contribution is 0.282. The van der Waals surface area contributed by atoms with Crippen LogP contribution in [0, 0.1) is 5.41 Å². The van der Waals surface area contributed by atoms with E-state index in [1.54, 1.807) is 0 Å². The Bertz CT molecular complexity index is 497. The summed E-state index contributed by atoms with van der Waals surface area (Å²) in [6.45, 7) is 10.4. The molecule has 20 heavy (non-hydrogen) atoms. The van der Waals surface area contributed by atoms with Gasteiger partial charge in [-0.25, -0.2) is 4.98 Å². The van der Waals surface area contributed by atoms with Crippen molar-refractivity contribution in [3.05, 3.63) is 10.6 Å². The lowest BCUT2D eigenvalue weighted by Crippen LogP contribution is -2.44. The zero-order valence-electron chi connectivity index (χ0n) is 12.8. The van der Waals surface area contributed by atoms with Gasteiger partial charge in [0.2, 0.25) is 0 Å². The molecule has 0 aromatic carbocycles. The second-order valence-electron chi connectivity index (χ2n) is 6.97. The number of hydrogen-bond donors (Lipinski definition) is 1. The predicted octanol–water partition coefficient (Wildman–Crippen LogP) is 3.45. The fraction of sp³-hybridized carbons (Fsp3) is 0.800. The van der Waals surface area contributed by atoms with Crippen LogP contribution < -0.4 is 10.6 Å². The van der Waals surface area contributed by atoms with Crippen molar-refractivity contribution in [2.24, 2.45) is 11.1 Å². The Morgan fingerprint density at radius 1 is 1.35 bits per heavy atom. The normalized spacial score (nSPS) is 33.0. The molecule has 5 heteroatoms. The summed E-state index contributed by atoms with van der Waals surface area (Å²) in [5.41, 5.74) is 7.92. The predicted molar refractivity (Wildman–Crippen MR) is 89.9 cm³/mol. The molecule has 1 saturated heterocycles. The molecule has 0 amide bonds. The molecular weight excluding hydrogens is 286 g/mol. The summed E-state index contributed by atoms with van der Waals surface area (Å²) in [5.74, 6) is 1.20. The van der Waals surface area contributed by atoms with Crippen molar-refractivity contribution in [3.63, 3.8) is 0 Å². The number of thioether (sulfide) groups is 1. The first kappa shape index (κ1) is 14.7. The number of rotatable bonds is 1. The highest BCUT2D eigenvalue weighted by molar-refractivity contribution is 8.00. The number of hydrogen-bond acceptors (Lipinski definition) is 5. The molecule has 1 aromatic rings. The van der Waals surface area contributed by atoms with Crippen molar-refractivity contribution in [3.8, 4) is 0 Å². The van der Waals surface area contributed by atoms with Crippen LogP contribution in [0.2, 0.25) is 0 Å². The molecule has 1 aromatic heterocycles. The molecule has 1 fully saturated rings. The smallest absolute Gasteiger partial charge is 0.186 e. The minimum absolute atomic E-state index is 0.173. The summed E-state index contributed by atoms with van der Waals surface area (Å²) >= 11 is 3.91. The van der Waals surface area contributed by atoms with Crippen LogP contribution in [0.1, 0.15) is 50.7 Å². The second kappa shape index (κ2) is 5.18. The van der Waals surface area contributed by atoms with Gasteiger partial charge in [0, 0.05) is 34.5 Å². The Morgan fingerprint density at radius 3 is 2.85 bits per heavy atom. The first-order valence-electron chi connectivity index (χ1n) is 7.51.